The molecule has 1 aromatic carbocycles. The van der Waals surface area contributed by atoms with E-state index in [0.717, 1.165) is 17.0 Å². The van der Waals surface area contributed by atoms with E-state index in [1.807, 2.05) is 47.9 Å². The first-order chi connectivity index (χ1) is 13.7. The topological polar surface area (TPSA) is 85.1 Å². The molecular weight excluding hydrogens is 507 g/mol. The molecule has 0 amide bonds. The van der Waals surface area contributed by atoms with Gasteiger partial charge in [0.25, 0.3) is 0 Å². The number of ether oxygens (including phenoxy) is 2. The molecule has 0 fully saturated rings. The number of nitrogens with one attached hydrogen (secondary N) is 2. The number of benzene rings is 1. The molecule has 2 heterocycles. The predicted octanol–water partition coefficient (Wildman–Crippen LogP) is 3.27. The van der Waals surface area contributed by atoms with Crippen molar-refractivity contribution >= 4 is 47.2 Å². The van der Waals surface area contributed by atoms with Gasteiger partial charge in [-0.3, -0.25) is 9.39 Å². The van der Waals surface area contributed by atoms with Crippen molar-refractivity contribution in [2.45, 2.75) is 20.0 Å². The maximum absolute atomic E-state index is 6.33. The van der Waals surface area contributed by atoms with Gasteiger partial charge in [-0.25, -0.2) is 0 Å². The molecule has 29 heavy (non-hydrogen) atoms. The highest BCUT2D eigenvalue weighted by Gasteiger charge is 2.12. The van der Waals surface area contributed by atoms with Crippen LogP contribution in [-0.2, 0) is 13.1 Å². The number of fused-ring (bicyclic) bond motifs is 1. The Kier molecular flexibility index (Phi) is 8.77. The zero-order valence-corrected chi connectivity index (χ0v) is 19.6. The van der Waals surface area contributed by atoms with Crippen molar-refractivity contribution in [1.82, 2.24) is 25.2 Å². The SMILES string of the molecule is CCOc1c(Cl)cc(CNC(=NC)NCc2nnc3ccccn23)cc1OC.I. The molecule has 8 nitrogen and oxygen atoms in total. The molecule has 0 atom stereocenters. The average Bonchev–Trinajstić information content (AvgIpc) is 3.13. The standard InChI is InChI=1S/C19H23ClN6O2.HI/c1-4-28-18-14(20)9-13(10-15(18)27-3)11-22-19(21-2)23-12-17-25-24-16-7-5-6-8-26(16)17;/h5-10H,4,11-12H2,1-3H3,(H2,21,22,23);1H. The van der Waals surface area contributed by atoms with Crippen LogP contribution >= 0.6 is 35.6 Å². The number of pyridine rings is 1. The van der Waals surface area contributed by atoms with Crippen molar-refractivity contribution in [2.75, 3.05) is 20.8 Å². The van der Waals surface area contributed by atoms with Gasteiger partial charge < -0.3 is 20.1 Å². The normalized spacial score (nSPS) is 11.1. The fourth-order valence-electron chi connectivity index (χ4n) is 2.74. The van der Waals surface area contributed by atoms with E-state index in [4.69, 9.17) is 21.1 Å². The van der Waals surface area contributed by atoms with E-state index in [9.17, 15) is 0 Å². The van der Waals surface area contributed by atoms with Crippen LogP contribution in [0.1, 0.15) is 18.3 Å². The minimum Gasteiger partial charge on any atom is -0.493 e. The third kappa shape index (κ3) is 5.63. The molecule has 0 aliphatic carbocycles. The summed E-state index contributed by atoms with van der Waals surface area (Å²) >= 11 is 6.33. The van der Waals surface area contributed by atoms with E-state index >= 15 is 0 Å². The first-order valence-corrected chi connectivity index (χ1v) is 9.26. The number of hydrogen-bond donors (Lipinski definition) is 2. The zero-order chi connectivity index (χ0) is 19.9. The third-order valence-electron chi connectivity index (χ3n) is 4.06. The molecule has 2 N–H and O–H groups in total. The van der Waals surface area contributed by atoms with Crippen molar-refractivity contribution in [3.05, 3.63) is 52.9 Å². The summed E-state index contributed by atoms with van der Waals surface area (Å²) in [5, 5.41) is 15.3. The molecule has 0 spiro atoms. The lowest BCUT2D eigenvalue weighted by Gasteiger charge is -2.15. The van der Waals surface area contributed by atoms with E-state index in [1.165, 1.54) is 0 Å². The second kappa shape index (κ2) is 11.1. The number of hydrogen-bond acceptors (Lipinski definition) is 5. The third-order valence-corrected chi connectivity index (χ3v) is 4.34. The van der Waals surface area contributed by atoms with Crippen LogP contribution < -0.4 is 20.1 Å². The van der Waals surface area contributed by atoms with Gasteiger partial charge in [-0.2, -0.15) is 0 Å². The number of aromatic nitrogens is 3. The first-order valence-electron chi connectivity index (χ1n) is 8.88. The Morgan fingerprint density at radius 2 is 2.00 bits per heavy atom. The highest BCUT2D eigenvalue weighted by Crippen LogP contribution is 2.36. The Bertz CT molecular complexity index is 978. The summed E-state index contributed by atoms with van der Waals surface area (Å²) in [6, 6.07) is 9.52. The number of nitrogens with zero attached hydrogens (tertiary/aromatic N) is 4. The van der Waals surface area contributed by atoms with Crippen LogP contribution in [0, 0.1) is 0 Å². The Labute approximate surface area is 191 Å². The smallest absolute Gasteiger partial charge is 0.191 e. The summed E-state index contributed by atoms with van der Waals surface area (Å²) in [7, 11) is 3.30. The van der Waals surface area contributed by atoms with Crippen molar-refractivity contribution < 1.29 is 9.47 Å². The summed E-state index contributed by atoms with van der Waals surface area (Å²) in [5.74, 6) is 2.58. The van der Waals surface area contributed by atoms with Gasteiger partial charge in [0.2, 0.25) is 0 Å². The average molecular weight is 531 g/mol. The number of methoxy groups -OCH3 is 1. The van der Waals surface area contributed by atoms with Crippen molar-refractivity contribution in [3.63, 3.8) is 0 Å². The number of aliphatic imine (C=N–C) groups is 1. The van der Waals surface area contributed by atoms with Crippen LogP contribution in [0.25, 0.3) is 5.65 Å². The van der Waals surface area contributed by atoms with E-state index in [1.54, 1.807) is 14.2 Å². The largest absolute Gasteiger partial charge is 0.493 e. The lowest BCUT2D eigenvalue weighted by Crippen LogP contribution is -2.36. The molecule has 0 unspecified atom stereocenters. The Morgan fingerprint density at radius 3 is 2.72 bits per heavy atom. The molecule has 0 bridgehead atoms. The van der Waals surface area contributed by atoms with Gasteiger partial charge in [0.1, 0.15) is 0 Å². The lowest BCUT2D eigenvalue weighted by molar-refractivity contribution is 0.311. The molecular formula is C19H24ClIN6O2. The minimum absolute atomic E-state index is 0. The van der Waals surface area contributed by atoms with Gasteiger partial charge in [0.15, 0.2) is 28.9 Å². The van der Waals surface area contributed by atoms with Crippen LogP contribution in [0.5, 0.6) is 11.5 Å². The fourth-order valence-corrected chi connectivity index (χ4v) is 3.03. The van der Waals surface area contributed by atoms with E-state index in [0.29, 0.717) is 42.2 Å². The Balaban J connectivity index is 0.00000300. The monoisotopic (exact) mass is 530 g/mol. The molecule has 0 aliphatic rings. The zero-order valence-electron chi connectivity index (χ0n) is 16.5. The van der Waals surface area contributed by atoms with E-state index in [-0.39, 0.29) is 24.0 Å². The van der Waals surface area contributed by atoms with Crippen LogP contribution in [0.4, 0.5) is 0 Å². The predicted molar refractivity (Wildman–Crippen MR) is 125 cm³/mol. The molecule has 2 aromatic heterocycles. The Morgan fingerprint density at radius 1 is 1.21 bits per heavy atom. The Hall–Kier alpha value is -2.27. The summed E-state index contributed by atoms with van der Waals surface area (Å²) < 4.78 is 12.9. The first kappa shape index (κ1) is 23.0. The van der Waals surface area contributed by atoms with Crippen molar-refractivity contribution in [2.24, 2.45) is 4.99 Å². The van der Waals surface area contributed by atoms with Crippen molar-refractivity contribution in [1.29, 1.82) is 0 Å². The number of guanidine groups is 1. The molecule has 3 aromatic rings. The summed E-state index contributed by atoms with van der Waals surface area (Å²) in [5.41, 5.74) is 1.75. The van der Waals surface area contributed by atoms with Crippen LogP contribution in [0.3, 0.4) is 0 Å². The molecule has 0 aliphatic heterocycles. The summed E-state index contributed by atoms with van der Waals surface area (Å²) in [4.78, 5) is 4.24. The summed E-state index contributed by atoms with van der Waals surface area (Å²) in [6.45, 7) is 3.42. The number of rotatable bonds is 7. The maximum Gasteiger partial charge on any atom is 0.191 e. The van der Waals surface area contributed by atoms with Gasteiger partial charge in [0.05, 0.1) is 25.3 Å². The molecule has 10 heteroatoms. The van der Waals surface area contributed by atoms with Gasteiger partial charge in [-0.05, 0) is 36.8 Å². The molecule has 3 rings (SSSR count). The molecule has 0 radical (unpaired) electrons. The number of halogens is 2. The van der Waals surface area contributed by atoms with E-state index in [2.05, 4.69) is 25.8 Å². The van der Waals surface area contributed by atoms with E-state index < -0.39 is 0 Å². The maximum atomic E-state index is 6.33. The van der Waals surface area contributed by atoms with Crippen LogP contribution in [0.2, 0.25) is 5.02 Å². The molecule has 0 saturated heterocycles. The molecule has 156 valence electrons. The van der Waals surface area contributed by atoms with Gasteiger partial charge in [-0.1, -0.05) is 17.7 Å². The lowest BCUT2D eigenvalue weighted by atomic mass is 10.2. The molecule has 0 saturated carbocycles. The quantitative estimate of drug-likeness (QED) is 0.277. The fraction of sp³-hybridized carbons (Fsp3) is 0.316. The van der Waals surface area contributed by atoms with Crippen LogP contribution in [0.15, 0.2) is 41.5 Å². The van der Waals surface area contributed by atoms with Gasteiger partial charge in [-0.15, -0.1) is 34.2 Å². The van der Waals surface area contributed by atoms with Gasteiger partial charge >= 0.3 is 0 Å². The summed E-state index contributed by atoms with van der Waals surface area (Å²) in [6.07, 6.45) is 1.93. The minimum atomic E-state index is 0. The van der Waals surface area contributed by atoms with Crippen molar-refractivity contribution in [3.8, 4) is 11.5 Å². The second-order valence-corrected chi connectivity index (χ2v) is 6.27. The second-order valence-electron chi connectivity index (χ2n) is 5.87. The highest BCUT2D eigenvalue weighted by atomic mass is 127. The highest BCUT2D eigenvalue weighted by molar-refractivity contribution is 14.0. The van der Waals surface area contributed by atoms with Gasteiger partial charge in [0, 0.05) is 19.8 Å². The van der Waals surface area contributed by atoms with Crippen LogP contribution in [-0.4, -0.2) is 41.3 Å².